The van der Waals surface area contributed by atoms with E-state index in [0.29, 0.717) is 19.5 Å². The molecule has 1 fully saturated rings. The van der Waals surface area contributed by atoms with Gasteiger partial charge in [0.15, 0.2) is 0 Å². The average molecular weight is 296 g/mol. The molecule has 110 valence electrons. The average Bonchev–Trinajstić information content (AvgIpc) is 2.89. The Morgan fingerprint density at radius 2 is 1.80 bits per heavy atom. The van der Waals surface area contributed by atoms with Gasteiger partial charge >= 0.3 is 0 Å². The molecule has 2 aliphatic rings. The molecule has 3 heterocycles. The number of aryl methyl sites for hydroxylation is 1. The Morgan fingerprint density at radius 1 is 1.10 bits per heavy atom. The van der Waals surface area contributed by atoms with E-state index in [1.54, 1.807) is 0 Å². The second-order valence-corrected chi connectivity index (χ2v) is 7.54. The fourth-order valence-corrected chi connectivity index (χ4v) is 3.75. The molecule has 0 N–H and O–H groups in total. The first-order valence-corrected chi connectivity index (χ1v) is 8.86. The Balaban J connectivity index is 2.02. The van der Waals surface area contributed by atoms with Gasteiger partial charge in [0.2, 0.25) is 10.0 Å². The van der Waals surface area contributed by atoms with Crippen molar-refractivity contribution in [2.45, 2.75) is 32.7 Å². The van der Waals surface area contributed by atoms with Crippen LogP contribution in [0.15, 0.2) is 0 Å². The molecule has 1 saturated heterocycles. The predicted octanol–water partition coefficient (Wildman–Crippen LogP) is 0.703. The molecule has 0 amide bonds. The van der Waals surface area contributed by atoms with E-state index in [-0.39, 0.29) is 0 Å². The Labute approximate surface area is 119 Å². The summed E-state index contributed by atoms with van der Waals surface area (Å²) in [6.45, 7) is 4.83. The van der Waals surface area contributed by atoms with Crippen molar-refractivity contribution >= 4 is 15.8 Å². The van der Waals surface area contributed by atoms with Crippen LogP contribution in [0.2, 0.25) is 0 Å². The van der Waals surface area contributed by atoms with Gasteiger partial charge in [-0.15, -0.1) is 0 Å². The Hall–Kier alpha value is -1.21. The highest BCUT2D eigenvalue weighted by atomic mass is 32.2. The van der Waals surface area contributed by atoms with Crippen molar-refractivity contribution in [3.05, 3.63) is 17.1 Å². The van der Waals surface area contributed by atoms with Crippen LogP contribution in [-0.2, 0) is 23.0 Å². The summed E-state index contributed by atoms with van der Waals surface area (Å²) in [6, 6.07) is 0. The smallest absolute Gasteiger partial charge is 0.211 e. The number of hydrogen-bond donors (Lipinski definition) is 0. The second kappa shape index (κ2) is 4.96. The first-order chi connectivity index (χ1) is 9.45. The van der Waals surface area contributed by atoms with Crippen LogP contribution in [0.3, 0.4) is 0 Å². The summed E-state index contributed by atoms with van der Waals surface area (Å²) < 4.78 is 25.1. The zero-order valence-corrected chi connectivity index (χ0v) is 12.8. The van der Waals surface area contributed by atoms with Crippen LogP contribution in [-0.4, -0.2) is 48.6 Å². The van der Waals surface area contributed by atoms with Crippen LogP contribution >= 0.6 is 0 Å². The monoisotopic (exact) mass is 296 g/mol. The number of aromatic nitrogens is 2. The Bertz CT molecular complexity index is 624. The zero-order chi connectivity index (χ0) is 14.3. The summed E-state index contributed by atoms with van der Waals surface area (Å²) in [4.78, 5) is 11.3. The van der Waals surface area contributed by atoms with Gasteiger partial charge in [-0.05, 0) is 19.8 Å². The minimum atomic E-state index is -3.16. The molecule has 0 unspecified atom stereocenters. The van der Waals surface area contributed by atoms with E-state index in [4.69, 9.17) is 0 Å². The van der Waals surface area contributed by atoms with E-state index in [1.807, 2.05) is 6.92 Å². The molecule has 3 rings (SSSR count). The van der Waals surface area contributed by atoms with E-state index in [0.717, 1.165) is 36.0 Å². The summed E-state index contributed by atoms with van der Waals surface area (Å²) in [5.41, 5.74) is 2.01. The molecule has 1 aromatic heterocycles. The van der Waals surface area contributed by atoms with Gasteiger partial charge in [0.1, 0.15) is 11.6 Å². The maximum atomic E-state index is 11.8. The summed E-state index contributed by atoms with van der Waals surface area (Å²) >= 11 is 0. The lowest BCUT2D eigenvalue weighted by molar-refractivity contribution is 0.390. The lowest BCUT2D eigenvalue weighted by Crippen LogP contribution is -2.37. The molecule has 2 aliphatic heterocycles. The maximum absolute atomic E-state index is 11.8. The summed E-state index contributed by atoms with van der Waals surface area (Å²) in [6.07, 6.45) is 4.29. The van der Waals surface area contributed by atoms with Gasteiger partial charge in [0, 0.05) is 38.2 Å². The number of fused-ring (bicyclic) bond motifs is 1. The van der Waals surface area contributed by atoms with Crippen LogP contribution in [0.25, 0.3) is 0 Å². The van der Waals surface area contributed by atoms with Gasteiger partial charge in [-0.1, -0.05) is 0 Å². The van der Waals surface area contributed by atoms with E-state index in [1.165, 1.54) is 23.4 Å². The number of anilines is 1. The SMILES string of the molecule is Cc1nc2c(c(N3CCCC3)n1)CN(S(C)(=O)=O)CC2. The minimum Gasteiger partial charge on any atom is -0.356 e. The molecule has 20 heavy (non-hydrogen) atoms. The lowest BCUT2D eigenvalue weighted by atomic mass is 10.1. The Kier molecular flexibility index (Phi) is 3.41. The van der Waals surface area contributed by atoms with Crippen LogP contribution in [0.4, 0.5) is 5.82 Å². The predicted molar refractivity (Wildman–Crippen MR) is 77.2 cm³/mol. The first kappa shape index (κ1) is 13.8. The van der Waals surface area contributed by atoms with E-state index < -0.39 is 10.0 Å². The van der Waals surface area contributed by atoms with Crippen molar-refractivity contribution in [1.82, 2.24) is 14.3 Å². The maximum Gasteiger partial charge on any atom is 0.211 e. The van der Waals surface area contributed by atoms with Crippen LogP contribution in [0, 0.1) is 6.92 Å². The van der Waals surface area contributed by atoms with Gasteiger partial charge < -0.3 is 4.90 Å². The van der Waals surface area contributed by atoms with Gasteiger partial charge in [0.25, 0.3) is 0 Å². The number of sulfonamides is 1. The van der Waals surface area contributed by atoms with Crippen molar-refractivity contribution in [3.63, 3.8) is 0 Å². The summed E-state index contributed by atoms with van der Waals surface area (Å²) in [7, 11) is -3.16. The molecule has 0 saturated carbocycles. The van der Waals surface area contributed by atoms with Gasteiger partial charge in [-0.3, -0.25) is 0 Å². The quantitative estimate of drug-likeness (QED) is 0.804. The summed E-state index contributed by atoms with van der Waals surface area (Å²) in [5, 5.41) is 0. The highest BCUT2D eigenvalue weighted by molar-refractivity contribution is 7.88. The normalized spacial score (nSPS) is 20.2. The lowest BCUT2D eigenvalue weighted by Gasteiger charge is -2.30. The van der Waals surface area contributed by atoms with Crippen LogP contribution in [0.1, 0.15) is 29.9 Å². The third-order valence-corrected chi connectivity index (χ3v) is 5.24. The van der Waals surface area contributed by atoms with Gasteiger partial charge in [-0.25, -0.2) is 18.4 Å². The fourth-order valence-electron chi connectivity index (χ4n) is 2.97. The molecule has 0 aliphatic carbocycles. The van der Waals surface area contributed by atoms with E-state index in [2.05, 4.69) is 14.9 Å². The zero-order valence-electron chi connectivity index (χ0n) is 12.0. The third-order valence-electron chi connectivity index (χ3n) is 3.99. The number of nitrogens with zero attached hydrogens (tertiary/aromatic N) is 4. The molecule has 0 radical (unpaired) electrons. The molecular weight excluding hydrogens is 276 g/mol. The van der Waals surface area contributed by atoms with Crippen molar-refractivity contribution in [3.8, 4) is 0 Å². The number of rotatable bonds is 2. The Morgan fingerprint density at radius 3 is 2.45 bits per heavy atom. The second-order valence-electron chi connectivity index (χ2n) is 5.56. The first-order valence-electron chi connectivity index (χ1n) is 7.01. The molecule has 7 heteroatoms. The third kappa shape index (κ3) is 2.52. The van der Waals surface area contributed by atoms with Crippen LogP contribution in [0.5, 0.6) is 0 Å². The molecule has 0 aromatic carbocycles. The van der Waals surface area contributed by atoms with Crippen molar-refractivity contribution in [2.75, 3.05) is 30.8 Å². The minimum absolute atomic E-state index is 0.403. The largest absolute Gasteiger partial charge is 0.356 e. The highest BCUT2D eigenvalue weighted by Crippen LogP contribution is 2.29. The molecule has 1 aromatic rings. The molecule has 0 atom stereocenters. The number of hydrogen-bond acceptors (Lipinski definition) is 5. The topological polar surface area (TPSA) is 66.4 Å². The standard InChI is InChI=1S/C13H20N4O2S/c1-10-14-12-5-8-17(20(2,18)19)9-11(12)13(15-10)16-6-3-4-7-16/h3-9H2,1-2H3. The summed E-state index contributed by atoms with van der Waals surface area (Å²) in [5.74, 6) is 1.72. The van der Waals surface area contributed by atoms with Crippen LogP contribution < -0.4 is 4.90 Å². The molecule has 0 bridgehead atoms. The molecule has 6 nitrogen and oxygen atoms in total. The fraction of sp³-hybridized carbons (Fsp3) is 0.692. The molecule has 0 spiro atoms. The van der Waals surface area contributed by atoms with E-state index >= 15 is 0 Å². The van der Waals surface area contributed by atoms with Crippen molar-refractivity contribution in [1.29, 1.82) is 0 Å². The molecular formula is C13H20N4O2S. The van der Waals surface area contributed by atoms with Crippen molar-refractivity contribution < 1.29 is 8.42 Å². The van der Waals surface area contributed by atoms with Gasteiger partial charge in [0.05, 0.1) is 11.9 Å². The van der Waals surface area contributed by atoms with Gasteiger partial charge in [-0.2, -0.15) is 4.31 Å². The van der Waals surface area contributed by atoms with E-state index in [9.17, 15) is 8.42 Å². The van der Waals surface area contributed by atoms with Crippen molar-refractivity contribution in [2.24, 2.45) is 0 Å². The highest BCUT2D eigenvalue weighted by Gasteiger charge is 2.29.